The Morgan fingerprint density at radius 2 is 1.40 bits per heavy atom. The summed E-state index contributed by atoms with van der Waals surface area (Å²) in [5, 5.41) is 56.5. The van der Waals surface area contributed by atoms with Crippen LogP contribution in [0.25, 0.3) is 0 Å². The number of carbonyl (C=O) groups is 15. The van der Waals surface area contributed by atoms with Crippen LogP contribution in [-0.4, -0.2) is 238 Å². The van der Waals surface area contributed by atoms with Crippen molar-refractivity contribution >= 4 is 130 Å². The van der Waals surface area contributed by atoms with E-state index in [1.807, 2.05) is 41.7 Å². The lowest BCUT2D eigenvalue weighted by atomic mass is 9.83. The quantitative estimate of drug-likeness (QED) is 0.0143. The molecular weight excluding hydrogens is 1480 g/mol. The number of hydrazine groups is 1. The summed E-state index contributed by atoms with van der Waals surface area (Å²) >= 11 is 3.64. The number of likely N-dealkylation sites (tertiary alicyclic amines) is 1. The fraction of sp³-hybridized carbons (Fsp3) is 0.611. The molecule has 37 heteroatoms. The molecule has 0 saturated carbocycles. The van der Waals surface area contributed by atoms with Gasteiger partial charge in [-0.2, -0.15) is 0 Å². The summed E-state index contributed by atoms with van der Waals surface area (Å²) in [6, 6.07) is 1.25. The first-order chi connectivity index (χ1) is 51.9. The van der Waals surface area contributed by atoms with Crippen molar-refractivity contribution in [2.45, 2.75) is 187 Å². The third kappa shape index (κ3) is 34.5. The maximum Gasteiger partial charge on any atom is 0.326 e. The van der Waals surface area contributed by atoms with Crippen molar-refractivity contribution in [2.24, 2.45) is 17.8 Å². The number of carbonyl (C=O) groups excluding carboxylic acids is 13. The molecule has 11 N–H and O–H groups in total. The summed E-state index contributed by atoms with van der Waals surface area (Å²) in [6.45, 7) is 10.1. The summed E-state index contributed by atoms with van der Waals surface area (Å²) in [6.07, 6.45) is 4.66. The molecule has 11 amide bonds. The average Bonchev–Trinajstić information content (AvgIpc) is 1.75. The van der Waals surface area contributed by atoms with E-state index < -0.39 is 127 Å². The van der Waals surface area contributed by atoms with E-state index in [0.29, 0.717) is 47.8 Å². The van der Waals surface area contributed by atoms with Crippen LogP contribution in [0.2, 0.25) is 0 Å². The number of hydrogen-bond acceptors (Lipinski definition) is 24. The highest BCUT2D eigenvalue weighted by atomic mass is 32.2. The number of hydrogen-bond donors (Lipinski definition) is 11. The lowest BCUT2D eigenvalue weighted by Gasteiger charge is -2.37. The summed E-state index contributed by atoms with van der Waals surface area (Å²) in [5.74, 6) is -9.25. The molecule has 604 valence electrons. The monoisotopic (exact) mass is 1590 g/mol. The number of Topliss-reactive ketones (excluding diaryl/α,β-unsaturated/α-hetero) is 1. The maximum absolute atomic E-state index is 14.5. The van der Waals surface area contributed by atoms with Crippen molar-refractivity contribution in [3.63, 3.8) is 0 Å². The molecule has 3 heterocycles. The van der Waals surface area contributed by atoms with Gasteiger partial charge in [-0.25, -0.2) is 24.6 Å². The number of carboxylic acid groups (broad SMARTS) is 2. The zero-order chi connectivity index (χ0) is 80.5. The van der Waals surface area contributed by atoms with E-state index in [4.69, 9.17) is 14.6 Å². The molecule has 0 unspecified atom stereocenters. The summed E-state index contributed by atoms with van der Waals surface area (Å²) < 4.78 is 16.1. The first-order valence-corrected chi connectivity index (χ1v) is 39.4. The third-order valence-electron chi connectivity index (χ3n) is 17.9. The van der Waals surface area contributed by atoms with Gasteiger partial charge in [-0.05, 0) is 98.9 Å². The molecule has 0 spiro atoms. The maximum atomic E-state index is 14.5. The minimum Gasteiger partial charge on any atom is -0.506 e. The molecule has 4 rings (SSSR count). The zero-order valence-corrected chi connectivity index (χ0v) is 65.6. The predicted octanol–water partition coefficient (Wildman–Crippen LogP) is 4.49. The van der Waals surface area contributed by atoms with E-state index >= 15 is 0 Å². The highest BCUT2D eigenvalue weighted by Crippen LogP contribution is 2.34. The van der Waals surface area contributed by atoms with Crippen LogP contribution in [0, 0.1) is 17.8 Å². The summed E-state index contributed by atoms with van der Waals surface area (Å²) in [5.41, 5.74) is 0.884. The van der Waals surface area contributed by atoms with Gasteiger partial charge in [0, 0.05) is 113 Å². The molecule has 2 aliphatic heterocycles. The number of phenols is 1. The molecule has 2 aliphatic rings. The van der Waals surface area contributed by atoms with Gasteiger partial charge in [0.25, 0.3) is 24.2 Å². The number of nitrogens with zero attached hydrogens (tertiary/aromatic N) is 5. The minimum absolute atomic E-state index is 0.0103. The number of ketones is 1. The topological polar surface area (TPSA) is 467 Å². The summed E-state index contributed by atoms with van der Waals surface area (Å²) in [4.78, 5) is 201. The molecule has 1 aromatic heterocycles. The highest BCUT2D eigenvalue weighted by molar-refractivity contribution is 8.18. The number of aromatic nitrogens is 1. The Morgan fingerprint density at radius 1 is 0.761 bits per heavy atom. The molecule has 34 nitrogen and oxygen atoms in total. The number of thioether (sulfide) groups is 2. The second kappa shape index (κ2) is 49.8. The van der Waals surface area contributed by atoms with Crippen LogP contribution in [0.3, 0.4) is 0 Å². The second-order valence-electron chi connectivity index (χ2n) is 26.7. The van der Waals surface area contributed by atoms with E-state index in [9.17, 15) is 82.1 Å². The zero-order valence-electron chi connectivity index (χ0n) is 63.1. The van der Waals surface area contributed by atoms with Crippen molar-refractivity contribution in [2.75, 3.05) is 83.5 Å². The molecule has 2 aromatic rings. The number of unbranched alkanes of at least 4 members (excludes halogenated alkanes) is 1. The second-order valence-corrected chi connectivity index (χ2v) is 29.7. The summed E-state index contributed by atoms with van der Waals surface area (Å²) in [7, 11) is 3.69. The van der Waals surface area contributed by atoms with Crippen LogP contribution in [0.4, 0.5) is 10.5 Å². The van der Waals surface area contributed by atoms with Gasteiger partial charge >= 0.3 is 23.9 Å². The minimum atomic E-state index is -1.36. The number of nitrogens with one attached hydrogen (secondary N) is 8. The van der Waals surface area contributed by atoms with Crippen LogP contribution in [0.1, 0.15) is 171 Å². The Balaban J connectivity index is 1.23. The third-order valence-corrected chi connectivity index (χ3v) is 20.6. The lowest BCUT2D eigenvalue weighted by Crippen LogP contribution is -2.55. The van der Waals surface area contributed by atoms with Gasteiger partial charge in [0.2, 0.25) is 35.4 Å². The number of amides is 11. The Hall–Kier alpha value is -9.20. The van der Waals surface area contributed by atoms with Crippen molar-refractivity contribution in [3.8, 4) is 5.75 Å². The molecule has 8 atom stereocenters. The van der Waals surface area contributed by atoms with E-state index in [1.54, 1.807) is 29.5 Å². The Bertz CT molecular complexity index is 3470. The molecule has 0 bridgehead atoms. The fourth-order valence-corrected chi connectivity index (χ4v) is 14.0. The molecule has 0 aliphatic carbocycles. The van der Waals surface area contributed by atoms with Crippen LogP contribution >= 0.6 is 34.9 Å². The van der Waals surface area contributed by atoms with Gasteiger partial charge in [0.1, 0.15) is 35.6 Å². The van der Waals surface area contributed by atoms with Crippen molar-refractivity contribution in [1.82, 2.24) is 62.0 Å². The van der Waals surface area contributed by atoms with Crippen LogP contribution in [-0.2, 0) is 83.0 Å². The normalized spacial score (nSPS) is 16.5. The van der Waals surface area contributed by atoms with Crippen molar-refractivity contribution < 1.29 is 101 Å². The number of aliphatic carboxylic acids is 2. The van der Waals surface area contributed by atoms with Crippen molar-refractivity contribution in [1.29, 1.82) is 0 Å². The first-order valence-electron chi connectivity index (χ1n) is 36.4. The van der Waals surface area contributed by atoms with E-state index in [1.165, 1.54) is 47.3 Å². The number of piperidine rings is 1. The first kappa shape index (κ1) is 92.2. The number of phenolic OH excluding ortho intramolecular Hbond substituents is 1. The van der Waals surface area contributed by atoms with Gasteiger partial charge < -0.3 is 77.0 Å². The molecule has 1 fully saturated rings. The van der Waals surface area contributed by atoms with E-state index in [-0.39, 0.29) is 144 Å². The highest BCUT2D eigenvalue weighted by Gasteiger charge is 2.38. The number of aromatic hydroxyl groups is 1. The van der Waals surface area contributed by atoms with Crippen LogP contribution < -0.4 is 42.5 Å². The number of thiazole rings is 1. The number of rotatable bonds is 48. The van der Waals surface area contributed by atoms with Gasteiger partial charge in [-0.3, -0.25) is 67.2 Å². The Morgan fingerprint density at radius 3 is 2.00 bits per heavy atom. The number of anilines is 1. The van der Waals surface area contributed by atoms with Crippen LogP contribution in [0.15, 0.2) is 46.5 Å². The smallest absolute Gasteiger partial charge is 0.326 e. The molecule has 1 aromatic carbocycles. The van der Waals surface area contributed by atoms with Gasteiger partial charge in [-0.15, -0.1) is 34.9 Å². The average molecular weight is 1590 g/mol. The number of ether oxygens (including phenoxy) is 3. The predicted molar refractivity (Wildman–Crippen MR) is 405 cm³/mol. The number of benzene rings is 1. The molecule has 0 radical (unpaired) electrons. The number of esters is 1. The number of carboxylic acids is 2. The molecular formula is C72H107N13O21S3. The van der Waals surface area contributed by atoms with Gasteiger partial charge in [-0.1, -0.05) is 59.9 Å². The fourth-order valence-electron chi connectivity index (χ4n) is 11.8. The lowest BCUT2D eigenvalue weighted by molar-refractivity contribution is -0.162. The van der Waals surface area contributed by atoms with Crippen molar-refractivity contribution in [3.05, 3.63) is 62.8 Å². The van der Waals surface area contributed by atoms with Crippen LogP contribution in [0.5, 0.6) is 5.75 Å². The van der Waals surface area contributed by atoms with Gasteiger partial charge in [0.15, 0.2) is 18.1 Å². The number of likely N-dealkylation sites (N-methyl/N-ethyl adjacent to an activating group) is 1. The SMILES string of the molecule is CCC[C@H](Cc1ccc(O)c(NC(=O)CCOCCNC(=O)CN2C(=O)/C=C/SCS/C=C/C(=O)N2CC(=O)NCCC(=O)NCCC(=O)NCCCC[C@H](NC(=O)N[C@@H](CCC(=O)O)OC=O)C(=O)O)c1)NC(=O)c1csc([C@@H](C[C@H](C(C)C)N(C)C(=O)[C@@H](CC(=O)[C@H]2CCCCN2C)[C@@H](C)CC)OC(C)=O)n1. The largest absolute Gasteiger partial charge is 0.506 e. The Kier molecular flexibility index (Phi) is 42.1. The molecule has 109 heavy (non-hydrogen) atoms. The Labute approximate surface area is 647 Å². The van der Waals surface area contributed by atoms with E-state index in [2.05, 4.69) is 57.2 Å². The molecule has 1 saturated heterocycles. The van der Waals surface area contributed by atoms with E-state index in [0.717, 1.165) is 59.3 Å². The standard InChI is InChI=1S/C72H107N13O21S3/c1-9-15-49(77-68(99)53-42-109-69(79-53)58(106-47(6)87)39-55(45(3)4)83(8)70(100)50(46(5)10-2)38-57(89)54-17-12-14-31-82(54)7)36-48-18-19-56(88)52(37-48)78-61(92)24-32-104-33-30-76-63(94)41-85-66(96)26-35-108-44-107-34-25-65(95)84(85)40-62(93)75-29-23-60(91)74-28-22-59(90)73-27-13-11-16-51(71(101)102)80-72(103)81-64(105-43-86)20-21-67(97)98/h18-19,25-26,34-35,37,42-43,45-46,49-51,54-55,58,64,88H,9-17,20-24,27-33,36,38-41,44H2,1-8H3,(H,73,90)(H,74,91)(H,75,93)(H,76,94)(H,77,99)(H,78,92)(H,97,98)(H,101,102)(H2,80,81,103)/b34-25+,35-26+/t46-,49+,50-,51-,54+,55+,58+,64+/m0/s1. The van der Waals surface area contributed by atoms with Gasteiger partial charge in [0.05, 0.1) is 37.8 Å². The number of urea groups is 1.